The van der Waals surface area contributed by atoms with Gasteiger partial charge in [0.25, 0.3) is 0 Å². The van der Waals surface area contributed by atoms with Gasteiger partial charge < -0.3 is 43.4 Å². The maximum atomic E-state index is 15.1. The topological polar surface area (TPSA) is 197 Å². The predicted octanol–water partition coefficient (Wildman–Crippen LogP) is 2.30. The fourth-order valence-corrected chi connectivity index (χ4v) is 8.60. The second-order valence-electron chi connectivity index (χ2n) is 16.6. The Labute approximate surface area is 417 Å². The first-order valence-electron chi connectivity index (χ1n) is 22.1. The van der Waals surface area contributed by atoms with E-state index in [4.69, 9.17) is 23.7 Å². The first-order chi connectivity index (χ1) is 32.8. The molecular formula is C48H49F2N8NaO10. The van der Waals surface area contributed by atoms with E-state index < -0.39 is 59.5 Å². The molecule has 0 spiro atoms. The number of rotatable bonds is 17. The molecule has 0 saturated carbocycles. The van der Waals surface area contributed by atoms with Gasteiger partial charge in [-0.25, -0.2) is 42.1 Å². The number of carboxylic acid groups (broad SMARTS) is 1. The molecule has 0 radical (unpaired) electrons. The summed E-state index contributed by atoms with van der Waals surface area (Å²) in [5.74, 6) is -2.92. The van der Waals surface area contributed by atoms with Gasteiger partial charge in [-0.1, -0.05) is 25.1 Å². The zero-order valence-corrected chi connectivity index (χ0v) is 40.5. The molecule has 356 valence electrons. The van der Waals surface area contributed by atoms with Crippen LogP contribution in [0.2, 0.25) is 0 Å². The number of carboxylic acids is 1. The second kappa shape index (κ2) is 22.2. The van der Waals surface area contributed by atoms with Gasteiger partial charge in [0.2, 0.25) is 6.29 Å². The van der Waals surface area contributed by atoms with E-state index in [9.17, 15) is 28.7 Å². The van der Waals surface area contributed by atoms with Crippen LogP contribution in [0.3, 0.4) is 0 Å². The van der Waals surface area contributed by atoms with Crippen LogP contribution >= 0.6 is 0 Å². The summed E-state index contributed by atoms with van der Waals surface area (Å²) in [4.78, 5) is 58.2. The number of aromatic nitrogens is 6. The van der Waals surface area contributed by atoms with Crippen LogP contribution in [0.25, 0.3) is 5.69 Å². The van der Waals surface area contributed by atoms with Crippen LogP contribution < -0.4 is 54.9 Å². The molecule has 21 heteroatoms. The Balaban J connectivity index is 0.00000703. The maximum absolute atomic E-state index is 15.1. The van der Waals surface area contributed by atoms with Gasteiger partial charge in [-0.05, 0) is 92.1 Å². The smallest absolute Gasteiger partial charge is 0.545 e. The Morgan fingerprint density at radius 2 is 1.46 bits per heavy atom. The molecule has 0 bridgehead atoms. The van der Waals surface area contributed by atoms with E-state index in [1.54, 1.807) is 17.9 Å². The summed E-state index contributed by atoms with van der Waals surface area (Å²) in [6, 6.07) is 23.3. The van der Waals surface area contributed by atoms with Crippen molar-refractivity contribution < 1.29 is 81.5 Å². The molecular weight excluding hydrogens is 910 g/mol. The monoisotopic (exact) mass is 958 g/mol. The first-order valence-corrected chi connectivity index (χ1v) is 22.1. The van der Waals surface area contributed by atoms with Gasteiger partial charge in [0.1, 0.15) is 48.1 Å². The molecule has 4 aromatic carbocycles. The van der Waals surface area contributed by atoms with Crippen molar-refractivity contribution in [2.24, 2.45) is 5.92 Å². The number of halogens is 2. The number of ether oxygens (including phenoxy) is 5. The number of aromatic carboxylic acids is 1. The number of piperazine rings is 1. The number of hydrogen-bond donors (Lipinski definition) is 0. The van der Waals surface area contributed by atoms with E-state index in [0.29, 0.717) is 37.5 Å². The summed E-state index contributed by atoms with van der Waals surface area (Å²) in [5, 5.41) is 19.5. The summed E-state index contributed by atoms with van der Waals surface area (Å²) in [5.41, 5.74) is 1.38. The summed E-state index contributed by atoms with van der Waals surface area (Å²) < 4.78 is 61.2. The Morgan fingerprint density at radius 1 is 0.826 bits per heavy atom. The van der Waals surface area contributed by atoms with Gasteiger partial charge in [-0.3, -0.25) is 0 Å². The molecule has 2 aliphatic heterocycles. The van der Waals surface area contributed by atoms with E-state index in [-0.39, 0.29) is 58.7 Å². The third kappa shape index (κ3) is 11.8. The Kier molecular flexibility index (Phi) is 16.2. The average Bonchev–Trinajstić information content (AvgIpc) is 4.10. The van der Waals surface area contributed by atoms with Crippen LogP contribution in [0.15, 0.2) is 115 Å². The Hall–Kier alpha value is -6.61. The standard InChI is InChI=1S/C48H50F2N8O10.Na/c1-4-43(31(2)66-47(63)68-32(3)67-45(61)35-7-5-34(6-8-35)44(59)60)58-46(62)57(30-53-58)39-12-10-37(11-13-39)54-19-21-55(22-20-54)38-14-16-40(17-15-38)64-25-33-24-48(65-26-33,27-56-29-51-28-52-56)41-18-9-36(49)23-42(41)50;/h5-18,23,28-33,43H,4,19-22,24-27H2,1-3H3,(H,59,60);/q;+1/p-1/t31-,32?,33+,43-,48-;/m0./s1. The van der Waals surface area contributed by atoms with Crippen molar-refractivity contribution in [3.8, 4) is 11.4 Å². The number of anilines is 2. The Bertz CT molecular complexity index is 2750. The van der Waals surface area contributed by atoms with Crippen molar-refractivity contribution in [1.29, 1.82) is 0 Å². The molecule has 2 saturated heterocycles. The number of esters is 1. The zero-order chi connectivity index (χ0) is 48.0. The minimum Gasteiger partial charge on any atom is -0.545 e. The number of hydrogen-bond acceptors (Lipinski definition) is 15. The minimum atomic E-state index is -1.39. The predicted molar refractivity (Wildman–Crippen MR) is 238 cm³/mol. The van der Waals surface area contributed by atoms with Crippen molar-refractivity contribution >= 4 is 29.5 Å². The molecule has 2 aliphatic rings. The first kappa shape index (κ1) is 50.3. The van der Waals surface area contributed by atoms with Gasteiger partial charge in [-0.2, -0.15) is 10.2 Å². The molecule has 0 N–H and O–H groups in total. The molecule has 18 nitrogen and oxygen atoms in total. The molecule has 4 heterocycles. The SMILES string of the molecule is CC[C@@H]([C@H](C)OC(=O)OC(C)OC(=O)c1ccc(C(=O)[O-])cc1)n1ncn(-c2ccc(N3CCN(c4ccc(OC[C@@H]5CO[C@@](Cn6cncn6)(c6ccc(F)cc6F)C5)cc4)CC3)cc2)c1=O.[Na+]. The van der Waals surface area contributed by atoms with Crippen molar-refractivity contribution in [1.82, 2.24) is 29.1 Å². The van der Waals surface area contributed by atoms with E-state index in [1.807, 2.05) is 55.5 Å². The summed E-state index contributed by atoms with van der Waals surface area (Å²) >= 11 is 0. The van der Waals surface area contributed by atoms with Gasteiger partial charge in [0, 0.05) is 62.0 Å². The van der Waals surface area contributed by atoms with Gasteiger partial charge >= 0.3 is 47.4 Å². The number of carbonyl (C=O) groups is 3. The number of nitrogens with zero attached hydrogens (tertiary/aromatic N) is 8. The maximum Gasteiger partial charge on any atom is 1.00 e. The number of benzene rings is 4. The van der Waals surface area contributed by atoms with Crippen LogP contribution in [-0.4, -0.2) is 99.0 Å². The molecule has 2 aromatic heterocycles. The molecule has 2 fully saturated rings. The third-order valence-electron chi connectivity index (χ3n) is 12.1. The van der Waals surface area contributed by atoms with Crippen LogP contribution in [0.1, 0.15) is 65.9 Å². The number of carbonyl (C=O) groups excluding carboxylic acids is 3. The molecule has 6 aromatic rings. The molecule has 0 aliphatic carbocycles. The zero-order valence-electron chi connectivity index (χ0n) is 38.5. The Morgan fingerprint density at radius 3 is 2.07 bits per heavy atom. The summed E-state index contributed by atoms with van der Waals surface area (Å²) in [6.45, 7) is 8.73. The van der Waals surface area contributed by atoms with Crippen molar-refractivity contribution in [2.75, 3.05) is 49.2 Å². The molecule has 8 rings (SSSR count). The quantitative estimate of drug-likeness (QED) is 0.0733. The van der Waals surface area contributed by atoms with Crippen LogP contribution in [-0.2, 0) is 31.1 Å². The molecule has 69 heavy (non-hydrogen) atoms. The van der Waals surface area contributed by atoms with Crippen LogP contribution in [0.5, 0.6) is 5.75 Å². The molecule has 0 amide bonds. The second-order valence-corrected chi connectivity index (χ2v) is 16.6. The minimum absolute atomic E-state index is 0. The van der Waals surface area contributed by atoms with Crippen LogP contribution in [0, 0.1) is 17.6 Å². The van der Waals surface area contributed by atoms with Crippen molar-refractivity contribution in [3.63, 3.8) is 0 Å². The van der Waals surface area contributed by atoms with Crippen molar-refractivity contribution in [2.45, 2.75) is 64.2 Å². The van der Waals surface area contributed by atoms with Crippen LogP contribution in [0.4, 0.5) is 25.0 Å². The van der Waals surface area contributed by atoms with E-state index >= 15 is 4.39 Å². The third-order valence-corrected chi connectivity index (χ3v) is 12.1. The van der Waals surface area contributed by atoms with E-state index in [0.717, 1.165) is 43.6 Å². The van der Waals surface area contributed by atoms with Crippen molar-refractivity contribution in [3.05, 3.63) is 149 Å². The van der Waals surface area contributed by atoms with Gasteiger partial charge in [0.05, 0.1) is 43.0 Å². The van der Waals surface area contributed by atoms with E-state index in [2.05, 4.69) is 25.0 Å². The summed E-state index contributed by atoms with van der Waals surface area (Å²) in [6.07, 6.45) is 1.86. The van der Waals surface area contributed by atoms with E-state index in [1.165, 1.54) is 65.2 Å². The normalized spacial score (nSPS) is 18.1. The average molecular weight is 959 g/mol. The molecule has 5 atom stereocenters. The fourth-order valence-electron chi connectivity index (χ4n) is 8.60. The largest absolute Gasteiger partial charge is 1.00 e. The summed E-state index contributed by atoms with van der Waals surface area (Å²) in [7, 11) is 0. The molecule has 1 unspecified atom stereocenters. The van der Waals surface area contributed by atoms with Gasteiger partial charge in [0.15, 0.2) is 0 Å². The fraction of sp³-hybridized carbons (Fsp3) is 0.354. The van der Waals surface area contributed by atoms with Gasteiger partial charge in [-0.15, -0.1) is 0 Å².